The molecule has 23 heavy (non-hydrogen) atoms. The molecule has 0 unspecified atom stereocenters. The molecular weight excluding hydrogens is 374 g/mol. The van der Waals surface area contributed by atoms with E-state index in [-0.39, 0.29) is 11.1 Å². The first-order valence-corrected chi connectivity index (χ1v) is 8.82. The van der Waals surface area contributed by atoms with Crippen LogP contribution in [-0.4, -0.2) is 11.1 Å². The van der Waals surface area contributed by atoms with Crippen molar-refractivity contribution in [2.24, 2.45) is 5.73 Å². The number of thioether (sulfide) groups is 1. The number of nitrogens with two attached hydrogens (primary N) is 1. The van der Waals surface area contributed by atoms with Gasteiger partial charge in [-0.1, -0.05) is 57.5 Å². The fourth-order valence-corrected chi connectivity index (χ4v) is 3.00. The molecule has 0 fully saturated rings. The molecule has 0 saturated heterocycles. The number of rotatable bonds is 5. The highest BCUT2D eigenvalue weighted by Gasteiger charge is 2.12. The van der Waals surface area contributed by atoms with E-state index in [9.17, 15) is 4.79 Å². The minimum Gasteiger partial charge on any atom is -0.379 e. The summed E-state index contributed by atoms with van der Waals surface area (Å²) in [5.41, 5.74) is 9.09. The number of aryl methyl sites for hydroxylation is 1. The van der Waals surface area contributed by atoms with E-state index in [1.54, 1.807) is 6.07 Å². The summed E-state index contributed by atoms with van der Waals surface area (Å²) in [6, 6.07) is 13.6. The van der Waals surface area contributed by atoms with Gasteiger partial charge < -0.3 is 11.1 Å². The van der Waals surface area contributed by atoms with Gasteiger partial charge in [0, 0.05) is 22.3 Å². The predicted octanol–water partition coefficient (Wildman–Crippen LogP) is 3.81. The minimum absolute atomic E-state index is 0.0380. The highest BCUT2D eigenvalue weighted by Crippen LogP contribution is 2.21. The maximum absolute atomic E-state index is 12.4. The number of amides is 1. The summed E-state index contributed by atoms with van der Waals surface area (Å²) in [5, 5.41) is 10.3. The molecule has 0 atom stereocenters. The van der Waals surface area contributed by atoms with Crippen molar-refractivity contribution in [1.29, 1.82) is 5.41 Å². The number of carbonyl (C=O) groups excluding carboxylic acids is 1. The molecule has 2 aromatic rings. The Kier molecular flexibility index (Phi) is 6.24. The van der Waals surface area contributed by atoms with Gasteiger partial charge in [-0.3, -0.25) is 10.2 Å². The minimum atomic E-state index is -0.128. The predicted molar refractivity (Wildman–Crippen MR) is 99.7 cm³/mol. The third kappa shape index (κ3) is 5.41. The molecule has 0 radical (unpaired) electrons. The monoisotopic (exact) mass is 391 g/mol. The molecule has 0 spiro atoms. The third-order valence-electron chi connectivity index (χ3n) is 3.27. The van der Waals surface area contributed by atoms with Crippen molar-refractivity contribution >= 4 is 38.8 Å². The van der Waals surface area contributed by atoms with Crippen molar-refractivity contribution in [3.05, 3.63) is 69.2 Å². The van der Waals surface area contributed by atoms with E-state index in [0.29, 0.717) is 17.9 Å². The molecule has 4 nitrogen and oxygen atoms in total. The van der Waals surface area contributed by atoms with Gasteiger partial charge in [-0.05, 0) is 36.2 Å². The number of benzene rings is 2. The summed E-state index contributed by atoms with van der Waals surface area (Å²) in [6.07, 6.45) is 0. The zero-order chi connectivity index (χ0) is 16.8. The van der Waals surface area contributed by atoms with Crippen molar-refractivity contribution in [1.82, 2.24) is 5.32 Å². The number of amidine groups is 1. The molecule has 120 valence electrons. The summed E-state index contributed by atoms with van der Waals surface area (Å²) in [4.78, 5) is 12.4. The summed E-state index contributed by atoms with van der Waals surface area (Å²) >= 11 is 4.61. The van der Waals surface area contributed by atoms with E-state index in [2.05, 4.69) is 21.2 Å². The first kappa shape index (κ1) is 17.6. The Morgan fingerprint density at radius 1 is 1.26 bits per heavy atom. The van der Waals surface area contributed by atoms with Gasteiger partial charge in [0.15, 0.2) is 5.17 Å². The van der Waals surface area contributed by atoms with E-state index < -0.39 is 0 Å². The topological polar surface area (TPSA) is 79.0 Å². The molecule has 0 aliphatic rings. The zero-order valence-corrected chi connectivity index (χ0v) is 15.1. The molecule has 6 heteroatoms. The Labute approximate surface area is 148 Å². The first-order chi connectivity index (χ1) is 11.0. The molecule has 0 saturated carbocycles. The zero-order valence-electron chi connectivity index (χ0n) is 12.7. The first-order valence-electron chi connectivity index (χ1n) is 7.04. The van der Waals surface area contributed by atoms with Crippen molar-refractivity contribution < 1.29 is 4.79 Å². The summed E-state index contributed by atoms with van der Waals surface area (Å²) in [5.74, 6) is 0.361. The fourth-order valence-electron chi connectivity index (χ4n) is 2.04. The summed E-state index contributed by atoms with van der Waals surface area (Å²) < 4.78 is 0.895. The van der Waals surface area contributed by atoms with E-state index in [4.69, 9.17) is 11.1 Å². The van der Waals surface area contributed by atoms with Crippen molar-refractivity contribution in [2.45, 2.75) is 19.2 Å². The standard InChI is InChI=1S/C17H18BrN3OS/c1-11-2-4-12(5-3-11)9-21-16(22)15-7-6-14(18)8-13(15)10-23-17(19)20/h2-8H,9-10H2,1H3,(H3,19,20)(H,21,22). The normalized spacial score (nSPS) is 10.3. The molecule has 2 rings (SSSR count). The Morgan fingerprint density at radius 3 is 2.61 bits per heavy atom. The van der Waals surface area contributed by atoms with Gasteiger partial charge in [-0.2, -0.15) is 0 Å². The highest BCUT2D eigenvalue weighted by atomic mass is 79.9. The van der Waals surface area contributed by atoms with Gasteiger partial charge in [0.05, 0.1) is 0 Å². The number of carbonyl (C=O) groups is 1. The van der Waals surface area contributed by atoms with Crippen molar-refractivity contribution in [3.63, 3.8) is 0 Å². The van der Waals surface area contributed by atoms with E-state index in [0.717, 1.165) is 15.6 Å². The van der Waals surface area contributed by atoms with Gasteiger partial charge in [0.25, 0.3) is 5.91 Å². The fraction of sp³-hybridized carbons (Fsp3) is 0.176. The molecule has 0 aromatic heterocycles. The Morgan fingerprint density at radius 2 is 1.96 bits per heavy atom. The van der Waals surface area contributed by atoms with Crippen LogP contribution in [-0.2, 0) is 12.3 Å². The van der Waals surface area contributed by atoms with Gasteiger partial charge in [0.2, 0.25) is 0 Å². The summed E-state index contributed by atoms with van der Waals surface area (Å²) in [7, 11) is 0. The van der Waals surface area contributed by atoms with Crippen LogP contribution in [0.5, 0.6) is 0 Å². The molecule has 0 heterocycles. The van der Waals surface area contributed by atoms with Gasteiger partial charge in [-0.15, -0.1) is 0 Å². The molecule has 0 bridgehead atoms. The van der Waals surface area contributed by atoms with Crippen LogP contribution in [0.2, 0.25) is 0 Å². The largest absolute Gasteiger partial charge is 0.379 e. The Hall–Kier alpha value is -1.79. The molecule has 2 aromatic carbocycles. The van der Waals surface area contributed by atoms with Crippen molar-refractivity contribution in [2.75, 3.05) is 0 Å². The molecule has 1 amide bonds. The highest BCUT2D eigenvalue weighted by molar-refractivity contribution is 9.10. The quantitative estimate of drug-likeness (QED) is 0.535. The van der Waals surface area contributed by atoms with Crippen molar-refractivity contribution in [3.8, 4) is 0 Å². The smallest absolute Gasteiger partial charge is 0.251 e. The van der Waals surface area contributed by atoms with Crippen LogP contribution in [0.3, 0.4) is 0 Å². The number of nitrogens with one attached hydrogen (secondary N) is 2. The Balaban J connectivity index is 2.08. The van der Waals surface area contributed by atoms with Crippen LogP contribution in [0, 0.1) is 12.3 Å². The molecular formula is C17H18BrN3OS. The summed E-state index contributed by atoms with van der Waals surface area (Å²) in [6.45, 7) is 2.51. The SMILES string of the molecule is Cc1ccc(CNC(=O)c2ccc(Br)cc2CSC(=N)N)cc1. The van der Waals surface area contributed by atoms with Crippen LogP contribution in [0.25, 0.3) is 0 Å². The van der Waals surface area contributed by atoms with Crippen LogP contribution in [0.4, 0.5) is 0 Å². The second-order valence-corrected chi connectivity index (χ2v) is 7.06. The van der Waals surface area contributed by atoms with Gasteiger partial charge in [-0.25, -0.2) is 0 Å². The lowest BCUT2D eigenvalue weighted by molar-refractivity contribution is 0.0950. The van der Waals surface area contributed by atoms with Gasteiger partial charge >= 0.3 is 0 Å². The van der Waals surface area contributed by atoms with E-state index >= 15 is 0 Å². The maximum Gasteiger partial charge on any atom is 0.251 e. The van der Waals surface area contributed by atoms with E-state index in [1.807, 2.05) is 43.3 Å². The second-order valence-electron chi connectivity index (χ2n) is 5.12. The molecule has 0 aliphatic heterocycles. The number of hydrogen-bond acceptors (Lipinski definition) is 3. The molecule has 4 N–H and O–H groups in total. The lowest BCUT2D eigenvalue weighted by atomic mass is 10.1. The lowest BCUT2D eigenvalue weighted by Crippen LogP contribution is -2.24. The average molecular weight is 392 g/mol. The Bertz CT molecular complexity index is 716. The maximum atomic E-state index is 12.4. The lowest BCUT2D eigenvalue weighted by Gasteiger charge is -2.11. The second kappa shape index (κ2) is 8.17. The van der Waals surface area contributed by atoms with Crippen LogP contribution >= 0.6 is 27.7 Å². The van der Waals surface area contributed by atoms with Gasteiger partial charge in [0.1, 0.15) is 0 Å². The third-order valence-corrected chi connectivity index (χ3v) is 4.53. The number of halogens is 1. The van der Waals surface area contributed by atoms with Crippen LogP contribution < -0.4 is 11.1 Å². The average Bonchev–Trinajstić information content (AvgIpc) is 2.52. The molecule has 0 aliphatic carbocycles. The van der Waals surface area contributed by atoms with E-state index in [1.165, 1.54) is 17.3 Å². The number of hydrogen-bond donors (Lipinski definition) is 3. The van der Waals surface area contributed by atoms with Crippen LogP contribution in [0.1, 0.15) is 27.0 Å². The van der Waals surface area contributed by atoms with Crippen LogP contribution in [0.15, 0.2) is 46.9 Å².